The highest BCUT2D eigenvalue weighted by Crippen LogP contribution is 2.17. The first kappa shape index (κ1) is 23.2. The Morgan fingerprint density at radius 3 is 2.48 bits per heavy atom. The molecule has 148 valence electrons. The van der Waals surface area contributed by atoms with E-state index in [1.165, 1.54) is 11.1 Å². The summed E-state index contributed by atoms with van der Waals surface area (Å²) in [6.45, 7) is 5.06. The van der Waals surface area contributed by atoms with E-state index in [4.69, 9.17) is 4.74 Å². The Kier molecular flexibility index (Phi) is 10.8. The summed E-state index contributed by atoms with van der Waals surface area (Å²) in [5.74, 6) is 1.69. The first-order valence-corrected chi connectivity index (χ1v) is 8.94. The maximum atomic E-state index is 5.91. The van der Waals surface area contributed by atoms with Crippen molar-refractivity contribution in [1.29, 1.82) is 0 Å². The number of rotatable bonds is 8. The molecular weight excluding hydrogens is 451 g/mol. The molecule has 0 aromatic heterocycles. The number of benzene rings is 2. The average molecular weight is 482 g/mol. The van der Waals surface area contributed by atoms with Gasteiger partial charge in [0, 0.05) is 32.2 Å². The van der Waals surface area contributed by atoms with Crippen molar-refractivity contribution >= 4 is 29.9 Å². The van der Waals surface area contributed by atoms with Gasteiger partial charge in [-0.3, -0.25) is 4.99 Å². The number of aliphatic imine (C=N–C) groups is 1. The van der Waals surface area contributed by atoms with E-state index >= 15 is 0 Å². The number of hydrogen-bond acceptors (Lipinski definition) is 3. The number of guanidine groups is 1. The standard InChI is InChI=1S/C21H30N4O.HI/c1-17-8-7-9-18(14-17)15-23-21(22-2)24-16-19-10-5-6-11-20(19)26-13-12-25(3)4;/h5-11,14H,12-13,15-16H2,1-4H3,(H2,22,23,24);1H. The molecule has 6 heteroatoms. The summed E-state index contributed by atoms with van der Waals surface area (Å²) in [4.78, 5) is 6.41. The summed E-state index contributed by atoms with van der Waals surface area (Å²) in [5, 5.41) is 6.71. The van der Waals surface area contributed by atoms with Gasteiger partial charge in [-0.05, 0) is 32.6 Å². The minimum absolute atomic E-state index is 0. The zero-order valence-electron chi connectivity index (χ0n) is 16.7. The van der Waals surface area contributed by atoms with Gasteiger partial charge in [-0.25, -0.2) is 0 Å². The third-order valence-electron chi connectivity index (χ3n) is 3.98. The van der Waals surface area contributed by atoms with Gasteiger partial charge in [-0.2, -0.15) is 0 Å². The number of halogens is 1. The van der Waals surface area contributed by atoms with E-state index < -0.39 is 0 Å². The monoisotopic (exact) mass is 482 g/mol. The Morgan fingerprint density at radius 2 is 1.78 bits per heavy atom. The van der Waals surface area contributed by atoms with Crippen LogP contribution < -0.4 is 15.4 Å². The van der Waals surface area contributed by atoms with E-state index in [-0.39, 0.29) is 24.0 Å². The molecule has 27 heavy (non-hydrogen) atoms. The van der Waals surface area contributed by atoms with Crippen LogP contribution in [0.15, 0.2) is 53.5 Å². The summed E-state index contributed by atoms with van der Waals surface area (Å²) in [6.07, 6.45) is 0. The summed E-state index contributed by atoms with van der Waals surface area (Å²) in [6, 6.07) is 16.6. The number of hydrogen-bond donors (Lipinski definition) is 2. The van der Waals surface area contributed by atoms with Gasteiger partial charge < -0.3 is 20.3 Å². The number of para-hydroxylation sites is 1. The second-order valence-corrected chi connectivity index (χ2v) is 6.53. The Morgan fingerprint density at radius 1 is 1.04 bits per heavy atom. The molecular formula is C21H31IN4O. The van der Waals surface area contributed by atoms with Crippen LogP contribution in [0.1, 0.15) is 16.7 Å². The summed E-state index contributed by atoms with van der Waals surface area (Å²) >= 11 is 0. The highest BCUT2D eigenvalue weighted by atomic mass is 127. The van der Waals surface area contributed by atoms with E-state index in [1.807, 2.05) is 32.3 Å². The van der Waals surface area contributed by atoms with Gasteiger partial charge in [0.05, 0.1) is 0 Å². The molecule has 0 aliphatic rings. The molecule has 0 aliphatic carbocycles. The van der Waals surface area contributed by atoms with E-state index in [0.29, 0.717) is 13.2 Å². The third-order valence-corrected chi connectivity index (χ3v) is 3.98. The fraction of sp³-hybridized carbons (Fsp3) is 0.381. The number of aryl methyl sites for hydroxylation is 1. The lowest BCUT2D eigenvalue weighted by Crippen LogP contribution is -2.36. The molecule has 0 aliphatic heterocycles. The largest absolute Gasteiger partial charge is 0.492 e. The minimum atomic E-state index is 0. The average Bonchev–Trinajstić information content (AvgIpc) is 2.62. The highest BCUT2D eigenvalue weighted by Gasteiger charge is 2.05. The van der Waals surface area contributed by atoms with Gasteiger partial charge in [0.25, 0.3) is 0 Å². The normalized spacial score (nSPS) is 11.1. The lowest BCUT2D eigenvalue weighted by atomic mass is 10.1. The quantitative estimate of drug-likeness (QED) is 0.344. The Hall–Kier alpha value is -1.80. The molecule has 5 nitrogen and oxygen atoms in total. The fourth-order valence-corrected chi connectivity index (χ4v) is 2.54. The summed E-state index contributed by atoms with van der Waals surface area (Å²) < 4.78 is 5.91. The van der Waals surface area contributed by atoms with Gasteiger partial charge in [-0.15, -0.1) is 24.0 Å². The summed E-state index contributed by atoms with van der Waals surface area (Å²) in [7, 11) is 5.87. The van der Waals surface area contributed by atoms with E-state index in [1.54, 1.807) is 7.05 Å². The van der Waals surface area contributed by atoms with Gasteiger partial charge >= 0.3 is 0 Å². The van der Waals surface area contributed by atoms with Gasteiger partial charge in [-0.1, -0.05) is 48.0 Å². The van der Waals surface area contributed by atoms with Crippen LogP contribution in [0.2, 0.25) is 0 Å². The molecule has 0 fully saturated rings. The second kappa shape index (κ2) is 12.6. The zero-order valence-corrected chi connectivity index (χ0v) is 19.0. The SMILES string of the molecule is CN=C(NCc1cccc(C)c1)NCc1ccccc1OCCN(C)C.I. The van der Waals surface area contributed by atoms with Gasteiger partial charge in [0.1, 0.15) is 12.4 Å². The predicted octanol–water partition coefficient (Wildman–Crippen LogP) is 3.42. The van der Waals surface area contributed by atoms with Crippen LogP contribution in [-0.2, 0) is 13.1 Å². The molecule has 0 atom stereocenters. The molecule has 0 saturated heterocycles. The van der Waals surface area contributed by atoms with Crippen LogP contribution in [0.5, 0.6) is 5.75 Å². The number of nitrogens with one attached hydrogen (secondary N) is 2. The maximum absolute atomic E-state index is 5.91. The molecule has 0 amide bonds. The topological polar surface area (TPSA) is 48.9 Å². The molecule has 0 unspecified atom stereocenters. The highest BCUT2D eigenvalue weighted by molar-refractivity contribution is 14.0. The first-order valence-electron chi connectivity index (χ1n) is 8.94. The van der Waals surface area contributed by atoms with E-state index in [9.17, 15) is 0 Å². The molecule has 0 spiro atoms. The molecule has 0 radical (unpaired) electrons. The molecule has 0 heterocycles. The third kappa shape index (κ3) is 8.62. The molecule has 2 aromatic rings. The van der Waals surface area contributed by atoms with Crippen molar-refractivity contribution in [2.24, 2.45) is 4.99 Å². The zero-order chi connectivity index (χ0) is 18.8. The molecule has 0 bridgehead atoms. The van der Waals surface area contributed by atoms with Crippen LogP contribution in [0.4, 0.5) is 0 Å². The van der Waals surface area contributed by atoms with Crippen molar-refractivity contribution < 1.29 is 4.74 Å². The van der Waals surface area contributed by atoms with Crippen molar-refractivity contribution in [2.45, 2.75) is 20.0 Å². The lowest BCUT2D eigenvalue weighted by molar-refractivity contribution is 0.259. The van der Waals surface area contributed by atoms with E-state index in [2.05, 4.69) is 57.8 Å². The maximum Gasteiger partial charge on any atom is 0.191 e. The van der Waals surface area contributed by atoms with Crippen molar-refractivity contribution in [3.8, 4) is 5.75 Å². The van der Waals surface area contributed by atoms with Crippen LogP contribution in [-0.4, -0.2) is 45.2 Å². The van der Waals surface area contributed by atoms with E-state index in [0.717, 1.165) is 30.4 Å². The lowest BCUT2D eigenvalue weighted by Gasteiger charge is -2.16. The van der Waals surface area contributed by atoms with Crippen molar-refractivity contribution in [2.75, 3.05) is 34.3 Å². The van der Waals surface area contributed by atoms with Crippen molar-refractivity contribution in [3.05, 3.63) is 65.2 Å². The summed E-state index contributed by atoms with van der Waals surface area (Å²) in [5.41, 5.74) is 3.61. The van der Waals surface area contributed by atoms with Gasteiger partial charge in [0.15, 0.2) is 5.96 Å². The van der Waals surface area contributed by atoms with Crippen molar-refractivity contribution in [3.63, 3.8) is 0 Å². The predicted molar refractivity (Wildman–Crippen MR) is 124 cm³/mol. The van der Waals surface area contributed by atoms with Crippen molar-refractivity contribution in [1.82, 2.24) is 15.5 Å². The van der Waals surface area contributed by atoms with Gasteiger partial charge in [0.2, 0.25) is 0 Å². The van der Waals surface area contributed by atoms with Crippen LogP contribution in [0, 0.1) is 6.92 Å². The Labute approximate surface area is 180 Å². The molecule has 2 N–H and O–H groups in total. The second-order valence-electron chi connectivity index (χ2n) is 6.53. The van der Waals surface area contributed by atoms with Crippen LogP contribution >= 0.6 is 24.0 Å². The number of likely N-dealkylation sites (N-methyl/N-ethyl adjacent to an activating group) is 1. The number of ether oxygens (including phenoxy) is 1. The minimum Gasteiger partial charge on any atom is -0.492 e. The molecule has 2 aromatic carbocycles. The smallest absolute Gasteiger partial charge is 0.191 e. The van der Waals surface area contributed by atoms with Crippen LogP contribution in [0.25, 0.3) is 0 Å². The Balaban J connectivity index is 0.00000364. The number of nitrogens with zero attached hydrogens (tertiary/aromatic N) is 2. The fourth-order valence-electron chi connectivity index (χ4n) is 2.54. The molecule has 2 rings (SSSR count). The molecule has 0 saturated carbocycles. The van der Waals surface area contributed by atoms with Crippen LogP contribution in [0.3, 0.4) is 0 Å². The Bertz CT molecular complexity index is 719. The first-order chi connectivity index (χ1) is 12.6.